The van der Waals surface area contributed by atoms with Crippen molar-refractivity contribution in [3.05, 3.63) is 17.0 Å². The second kappa shape index (κ2) is 6.37. The fraction of sp³-hybridized carbons (Fsp3) is 0.714. The minimum atomic E-state index is -0.547. The van der Waals surface area contributed by atoms with Gasteiger partial charge in [-0.05, 0) is 26.2 Å². The van der Waals surface area contributed by atoms with Crippen LogP contribution in [0.4, 0.5) is 0 Å². The Morgan fingerprint density at radius 2 is 2.15 bits per heavy atom. The van der Waals surface area contributed by atoms with Crippen LogP contribution >= 0.6 is 0 Å². The summed E-state index contributed by atoms with van der Waals surface area (Å²) in [6.45, 7) is 2.65. The maximum Gasteiger partial charge on any atom is 0.273 e. The van der Waals surface area contributed by atoms with Crippen LogP contribution < -0.4 is 5.32 Å². The molecule has 1 aromatic heterocycles. The van der Waals surface area contributed by atoms with Gasteiger partial charge in [-0.15, -0.1) is 0 Å². The lowest BCUT2D eigenvalue weighted by Gasteiger charge is -2.27. The summed E-state index contributed by atoms with van der Waals surface area (Å²) in [6, 6.07) is 0. The summed E-state index contributed by atoms with van der Waals surface area (Å²) < 4.78 is 15.7. The van der Waals surface area contributed by atoms with Gasteiger partial charge in [-0.2, -0.15) is 0 Å². The molecular formula is C14H22N2O4. The molecule has 1 amide bonds. The molecule has 1 aliphatic rings. The molecule has 0 fully saturated rings. The van der Waals surface area contributed by atoms with Crippen LogP contribution in [0.2, 0.25) is 0 Å². The Balaban J connectivity index is 2.00. The molecule has 6 heteroatoms. The number of aryl methyl sites for hydroxylation is 1. The molecule has 0 aromatic carbocycles. The highest BCUT2D eigenvalue weighted by Gasteiger charge is 2.28. The molecule has 2 rings (SSSR count). The Kier molecular flexibility index (Phi) is 4.77. The highest BCUT2D eigenvalue weighted by atomic mass is 16.5. The van der Waals surface area contributed by atoms with E-state index in [2.05, 4.69) is 10.5 Å². The number of hydrogen-bond acceptors (Lipinski definition) is 5. The van der Waals surface area contributed by atoms with Gasteiger partial charge >= 0.3 is 0 Å². The van der Waals surface area contributed by atoms with Gasteiger partial charge in [0, 0.05) is 32.7 Å². The van der Waals surface area contributed by atoms with Crippen LogP contribution in [0.3, 0.4) is 0 Å². The van der Waals surface area contributed by atoms with Crippen molar-refractivity contribution in [3.8, 4) is 0 Å². The molecule has 1 heterocycles. The fourth-order valence-electron chi connectivity index (χ4n) is 2.40. The molecule has 1 atom stereocenters. The summed E-state index contributed by atoms with van der Waals surface area (Å²) in [6.07, 6.45) is 3.91. The molecule has 0 aliphatic heterocycles. The average molecular weight is 282 g/mol. The monoisotopic (exact) mass is 282 g/mol. The molecule has 1 aromatic rings. The number of carbonyl (C=O) groups excluding carboxylic acids is 1. The lowest BCUT2D eigenvalue weighted by atomic mass is 9.96. The molecule has 20 heavy (non-hydrogen) atoms. The molecule has 1 aliphatic carbocycles. The van der Waals surface area contributed by atoms with Crippen molar-refractivity contribution in [2.45, 2.75) is 38.2 Å². The second-order valence-electron chi connectivity index (χ2n) is 5.41. The minimum absolute atomic E-state index is 0.212. The van der Waals surface area contributed by atoms with E-state index in [-0.39, 0.29) is 5.91 Å². The van der Waals surface area contributed by atoms with Gasteiger partial charge in [0.25, 0.3) is 5.91 Å². The number of nitrogens with zero attached hydrogens (tertiary/aromatic N) is 1. The van der Waals surface area contributed by atoms with Crippen LogP contribution in [0.1, 0.15) is 41.6 Å². The number of aromatic nitrogens is 1. The summed E-state index contributed by atoms with van der Waals surface area (Å²) in [7, 11) is 3.20. The zero-order valence-corrected chi connectivity index (χ0v) is 12.3. The van der Waals surface area contributed by atoms with Crippen LogP contribution in [-0.4, -0.2) is 44.0 Å². The van der Waals surface area contributed by atoms with Gasteiger partial charge in [0.1, 0.15) is 11.4 Å². The van der Waals surface area contributed by atoms with Gasteiger partial charge in [0.2, 0.25) is 0 Å². The van der Waals surface area contributed by atoms with Gasteiger partial charge in [-0.25, -0.2) is 0 Å². The van der Waals surface area contributed by atoms with Gasteiger partial charge in [-0.3, -0.25) is 4.79 Å². The smallest absolute Gasteiger partial charge is 0.273 e. The van der Waals surface area contributed by atoms with Crippen LogP contribution in [0.5, 0.6) is 0 Å². The summed E-state index contributed by atoms with van der Waals surface area (Å²) in [4.78, 5) is 12.2. The van der Waals surface area contributed by atoms with Crippen molar-refractivity contribution in [1.82, 2.24) is 10.5 Å². The second-order valence-corrected chi connectivity index (χ2v) is 5.41. The quantitative estimate of drug-likeness (QED) is 0.852. The summed E-state index contributed by atoms with van der Waals surface area (Å²) in [5.41, 5.74) is 0.823. The lowest BCUT2D eigenvalue weighted by molar-refractivity contribution is -0.0480. The first kappa shape index (κ1) is 15.0. The number of ether oxygens (including phenoxy) is 2. The number of fused-ring (bicyclic) bond motifs is 1. The average Bonchev–Trinajstić information content (AvgIpc) is 2.89. The Hall–Kier alpha value is -1.40. The van der Waals surface area contributed by atoms with E-state index < -0.39 is 5.60 Å². The van der Waals surface area contributed by atoms with E-state index in [1.165, 1.54) is 0 Å². The number of hydrogen-bond donors (Lipinski definition) is 1. The van der Waals surface area contributed by atoms with E-state index in [0.29, 0.717) is 18.8 Å². The SMILES string of the molecule is COC[C@](C)(CNC(=O)c1noc2c1CCCC2)OC. The van der Waals surface area contributed by atoms with Crippen LogP contribution in [0.25, 0.3) is 0 Å². The van der Waals surface area contributed by atoms with E-state index in [0.717, 1.165) is 37.0 Å². The van der Waals surface area contributed by atoms with Crippen LogP contribution in [0, 0.1) is 0 Å². The standard InChI is InChI=1S/C14H22N2O4/c1-14(19-3,9-18-2)8-15-13(17)12-10-6-4-5-7-11(10)20-16-12/h4-9H2,1-3H3,(H,15,17)/t14-/m0/s1. The van der Waals surface area contributed by atoms with Crippen molar-refractivity contribution in [2.75, 3.05) is 27.4 Å². The molecule has 0 bridgehead atoms. The summed E-state index contributed by atoms with van der Waals surface area (Å²) in [5, 5.41) is 6.76. The highest BCUT2D eigenvalue weighted by molar-refractivity contribution is 5.93. The summed E-state index contributed by atoms with van der Waals surface area (Å²) in [5.74, 6) is 0.643. The molecule has 0 saturated carbocycles. The van der Waals surface area contributed by atoms with Crippen molar-refractivity contribution in [1.29, 1.82) is 0 Å². The molecule has 0 unspecified atom stereocenters. The molecular weight excluding hydrogens is 260 g/mol. The first-order chi connectivity index (χ1) is 9.59. The third-order valence-electron chi connectivity index (χ3n) is 3.73. The van der Waals surface area contributed by atoms with E-state index >= 15 is 0 Å². The van der Waals surface area contributed by atoms with Crippen molar-refractivity contribution < 1.29 is 18.8 Å². The minimum Gasteiger partial charge on any atom is -0.382 e. The highest BCUT2D eigenvalue weighted by Crippen LogP contribution is 2.24. The van der Waals surface area contributed by atoms with Crippen LogP contribution in [0.15, 0.2) is 4.52 Å². The molecule has 112 valence electrons. The van der Waals surface area contributed by atoms with E-state index in [1.54, 1.807) is 14.2 Å². The Bertz CT molecular complexity index is 472. The Labute approximate surface area is 118 Å². The number of carbonyl (C=O) groups is 1. The normalized spacial score (nSPS) is 17.4. The van der Waals surface area contributed by atoms with Crippen molar-refractivity contribution in [2.24, 2.45) is 0 Å². The maximum absolute atomic E-state index is 12.2. The fourth-order valence-corrected chi connectivity index (χ4v) is 2.40. The number of methoxy groups -OCH3 is 2. The predicted molar refractivity (Wildman–Crippen MR) is 72.8 cm³/mol. The first-order valence-corrected chi connectivity index (χ1v) is 6.89. The molecule has 0 spiro atoms. The largest absolute Gasteiger partial charge is 0.382 e. The molecule has 6 nitrogen and oxygen atoms in total. The molecule has 0 radical (unpaired) electrons. The number of nitrogens with one attached hydrogen (secondary N) is 1. The van der Waals surface area contributed by atoms with E-state index in [9.17, 15) is 4.79 Å². The van der Waals surface area contributed by atoms with Gasteiger partial charge in [0.15, 0.2) is 5.69 Å². The topological polar surface area (TPSA) is 73.6 Å². The third-order valence-corrected chi connectivity index (χ3v) is 3.73. The number of rotatable bonds is 6. The zero-order chi connectivity index (χ0) is 14.6. The van der Waals surface area contributed by atoms with Crippen molar-refractivity contribution >= 4 is 5.91 Å². The zero-order valence-electron chi connectivity index (χ0n) is 12.3. The van der Waals surface area contributed by atoms with Crippen molar-refractivity contribution in [3.63, 3.8) is 0 Å². The van der Waals surface area contributed by atoms with E-state index in [4.69, 9.17) is 14.0 Å². The lowest BCUT2D eigenvalue weighted by Crippen LogP contribution is -2.45. The molecule has 1 N–H and O–H groups in total. The van der Waals surface area contributed by atoms with Crippen LogP contribution in [-0.2, 0) is 22.3 Å². The number of amides is 1. The molecule has 0 saturated heterocycles. The van der Waals surface area contributed by atoms with Gasteiger partial charge < -0.3 is 19.3 Å². The van der Waals surface area contributed by atoms with Gasteiger partial charge in [-0.1, -0.05) is 5.16 Å². The Morgan fingerprint density at radius 1 is 1.40 bits per heavy atom. The first-order valence-electron chi connectivity index (χ1n) is 6.89. The Morgan fingerprint density at radius 3 is 2.85 bits per heavy atom. The maximum atomic E-state index is 12.2. The van der Waals surface area contributed by atoms with Gasteiger partial charge in [0.05, 0.1) is 6.61 Å². The third kappa shape index (κ3) is 3.19. The van der Waals surface area contributed by atoms with E-state index in [1.807, 2.05) is 6.92 Å². The summed E-state index contributed by atoms with van der Waals surface area (Å²) >= 11 is 0. The predicted octanol–water partition coefficient (Wildman–Crippen LogP) is 1.33.